The fourth-order valence-electron chi connectivity index (χ4n) is 1.52. The van der Waals surface area contributed by atoms with Crippen molar-refractivity contribution in [2.45, 2.75) is 0 Å². The third-order valence-corrected chi connectivity index (χ3v) is 3.97. The standard InChI is InChI=1S/C14H14O10S2/c1-9(7-25(17,18)19)13(15)23-11-5-3-4-6-12(11)24-14(16)10(2)8-26(20,21)22/h3-6H,1-2,7-8H2,(H,17,18,19)(H,20,21,22). The number of ether oxygens (including phenoxy) is 2. The first kappa shape index (κ1) is 21.5. The number of carbonyl (C=O) groups excluding carboxylic acids is 2. The van der Waals surface area contributed by atoms with Gasteiger partial charge in [0.1, 0.15) is 11.5 Å². The molecular weight excluding hydrogens is 392 g/mol. The van der Waals surface area contributed by atoms with Crippen molar-refractivity contribution in [3.63, 3.8) is 0 Å². The molecule has 1 aromatic carbocycles. The van der Waals surface area contributed by atoms with Gasteiger partial charge in [-0.2, -0.15) is 16.8 Å². The summed E-state index contributed by atoms with van der Waals surface area (Å²) in [4.78, 5) is 23.6. The largest absolute Gasteiger partial charge is 0.419 e. The van der Waals surface area contributed by atoms with Crippen LogP contribution in [0.25, 0.3) is 0 Å². The van der Waals surface area contributed by atoms with Crippen LogP contribution in [0.15, 0.2) is 48.6 Å². The average molecular weight is 406 g/mol. The third-order valence-electron chi connectivity index (χ3n) is 2.55. The zero-order valence-corrected chi connectivity index (χ0v) is 14.7. The van der Waals surface area contributed by atoms with Crippen molar-refractivity contribution in [3.05, 3.63) is 48.6 Å². The Morgan fingerprint density at radius 3 is 1.38 bits per heavy atom. The fraction of sp³-hybridized carbons (Fsp3) is 0.143. The van der Waals surface area contributed by atoms with E-state index >= 15 is 0 Å². The Balaban J connectivity index is 2.91. The normalized spacial score (nSPS) is 11.5. The molecule has 0 spiro atoms. The second-order valence-corrected chi connectivity index (χ2v) is 7.79. The zero-order chi connectivity index (χ0) is 20.1. The summed E-state index contributed by atoms with van der Waals surface area (Å²) in [6, 6.07) is 5.20. The Morgan fingerprint density at radius 2 is 1.12 bits per heavy atom. The number of hydrogen-bond acceptors (Lipinski definition) is 8. The van der Waals surface area contributed by atoms with Gasteiger partial charge in [0.2, 0.25) is 0 Å². The van der Waals surface area contributed by atoms with Crippen molar-refractivity contribution in [1.82, 2.24) is 0 Å². The average Bonchev–Trinajstić information content (AvgIpc) is 2.45. The van der Waals surface area contributed by atoms with Crippen LogP contribution in [-0.2, 0) is 29.8 Å². The lowest BCUT2D eigenvalue weighted by Crippen LogP contribution is -2.20. The van der Waals surface area contributed by atoms with E-state index in [0.29, 0.717) is 0 Å². The number of benzene rings is 1. The minimum absolute atomic E-state index is 0.304. The van der Waals surface area contributed by atoms with E-state index in [4.69, 9.17) is 18.6 Å². The van der Waals surface area contributed by atoms with Gasteiger partial charge in [-0.1, -0.05) is 25.3 Å². The van der Waals surface area contributed by atoms with Gasteiger partial charge < -0.3 is 9.47 Å². The van der Waals surface area contributed by atoms with E-state index in [2.05, 4.69) is 13.2 Å². The van der Waals surface area contributed by atoms with E-state index in [1.807, 2.05) is 0 Å². The number of esters is 2. The van der Waals surface area contributed by atoms with Crippen molar-refractivity contribution in [2.75, 3.05) is 11.5 Å². The van der Waals surface area contributed by atoms with Crippen LogP contribution >= 0.6 is 0 Å². The highest BCUT2D eigenvalue weighted by atomic mass is 32.2. The molecule has 0 aliphatic rings. The molecule has 1 rings (SSSR count). The van der Waals surface area contributed by atoms with Crippen molar-refractivity contribution < 1.29 is 45.0 Å². The minimum Gasteiger partial charge on any atom is -0.419 e. The van der Waals surface area contributed by atoms with Crippen LogP contribution in [0.3, 0.4) is 0 Å². The molecule has 26 heavy (non-hydrogen) atoms. The van der Waals surface area contributed by atoms with E-state index in [0.717, 1.165) is 0 Å². The SMILES string of the molecule is C=C(CS(=O)(=O)O)C(=O)Oc1ccccc1OC(=O)C(=C)CS(=O)(=O)O. The summed E-state index contributed by atoms with van der Waals surface area (Å²) < 4.78 is 70.0. The number of carbonyl (C=O) groups is 2. The van der Waals surface area contributed by atoms with Crippen LogP contribution in [0.5, 0.6) is 11.5 Å². The first-order valence-electron chi connectivity index (χ1n) is 6.58. The van der Waals surface area contributed by atoms with Crippen LogP contribution in [0.1, 0.15) is 0 Å². The lowest BCUT2D eigenvalue weighted by atomic mass is 10.3. The Bertz CT molecular complexity index is 878. The molecule has 0 radical (unpaired) electrons. The van der Waals surface area contributed by atoms with Crippen molar-refractivity contribution in [3.8, 4) is 11.5 Å². The molecule has 2 N–H and O–H groups in total. The second kappa shape index (κ2) is 8.23. The van der Waals surface area contributed by atoms with E-state index in [-0.39, 0.29) is 11.5 Å². The topological polar surface area (TPSA) is 161 Å². The molecule has 12 heteroatoms. The highest BCUT2D eigenvalue weighted by molar-refractivity contribution is 7.86. The number of para-hydroxylation sites is 2. The summed E-state index contributed by atoms with van der Waals surface area (Å²) in [6.07, 6.45) is 0. The van der Waals surface area contributed by atoms with Crippen molar-refractivity contribution in [1.29, 1.82) is 0 Å². The van der Waals surface area contributed by atoms with Crippen LogP contribution in [0.2, 0.25) is 0 Å². The Labute approximate surface area is 149 Å². The molecule has 0 aliphatic carbocycles. The highest BCUT2D eigenvalue weighted by Crippen LogP contribution is 2.28. The molecule has 142 valence electrons. The predicted octanol–water partition coefficient (Wildman–Crippen LogP) is 0.385. The van der Waals surface area contributed by atoms with Gasteiger partial charge in [0.15, 0.2) is 11.5 Å². The minimum atomic E-state index is -4.50. The lowest BCUT2D eigenvalue weighted by molar-refractivity contribution is -0.132. The Morgan fingerprint density at radius 1 is 0.808 bits per heavy atom. The molecule has 0 amide bonds. The molecule has 0 saturated heterocycles. The van der Waals surface area contributed by atoms with Gasteiger partial charge in [-0.3, -0.25) is 9.11 Å². The van der Waals surface area contributed by atoms with Gasteiger partial charge in [-0.15, -0.1) is 0 Å². The maximum absolute atomic E-state index is 11.8. The van der Waals surface area contributed by atoms with Gasteiger partial charge in [-0.25, -0.2) is 9.59 Å². The summed E-state index contributed by atoms with van der Waals surface area (Å²) in [7, 11) is -8.99. The zero-order valence-electron chi connectivity index (χ0n) is 13.1. The van der Waals surface area contributed by atoms with E-state index < -0.39 is 54.8 Å². The molecule has 1 aromatic rings. The summed E-state index contributed by atoms with van der Waals surface area (Å²) >= 11 is 0. The van der Waals surface area contributed by atoms with Crippen LogP contribution in [0.4, 0.5) is 0 Å². The first-order valence-corrected chi connectivity index (χ1v) is 9.79. The molecule has 0 heterocycles. The summed E-state index contributed by atoms with van der Waals surface area (Å²) in [5.41, 5.74) is -1.16. The predicted molar refractivity (Wildman–Crippen MR) is 88.8 cm³/mol. The van der Waals surface area contributed by atoms with Crippen LogP contribution < -0.4 is 9.47 Å². The fourth-order valence-corrected chi connectivity index (χ4v) is 2.64. The van der Waals surface area contributed by atoms with Gasteiger partial charge >= 0.3 is 11.9 Å². The van der Waals surface area contributed by atoms with E-state index in [1.54, 1.807) is 0 Å². The molecular formula is C14H14O10S2. The molecule has 0 atom stereocenters. The molecule has 10 nitrogen and oxygen atoms in total. The maximum Gasteiger partial charge on any atom is 0.340 e. The number of hydrogen-bond donors (Lipinski definition) is 2. The molecule has 0 aliphatic heterocycles. The molecule has 0 aromatic heterocycles. The maximum atomic E-state index is 11.8. The summed E-state index contributed by atoms with van der Waals surface area (Å²) in [5.74, 6) is -5.13. The number of rotatable bonds is 8. The van der Waals surface area contributed by atoms with Crippen molar-refractivity contribution >= 4 is 32.2 Å². The molecule has 0 bridgehead atoms. The lowest BCUT2D eigenvalue weighted by Gasteiger charge is -2.11. The van der Waals surface area contributed by atoms with Crippen molar-refractivity contribution in [2.24, 2.45) is 0 Å². The van der Waals surface area contributed by atoms with Gasteiger partial charge in [0, 0.05) is 11.1 Å². The quantitative estimate of drug-likeness (QED) is 0.267. The third kappa shape index (κ3) is 7.57. The highest BCUT2D eigenvalue weighted by Gasteiger charge is 2.21. The smallest absolute Gasteiger partial charge is 0.340 e. The molecule has 0 saturated carbocycles. The molecule has 0 fully saturated rings. The van der Waals surface area contributed by atoms with Gasteiger partial charge in [-0.05, 0) is 12.1 Å². The van der Waals surface area contributed by atoms with Gasteiger partial charge in [0.25, 0.3) is 20.2 Å². The van der Waals surface area contributed by atoms with E-state index in [1.165, 1.54) is 24.3 Å². The second-order valence-electron chi connectivity index (χ2n) is 4.89. The van der Waals surface area contributed by atoms with Crippen LogP contribution in [0, 0.1) is 0 Å². The first-order chi connectivity index (χ1) is 11.8. The Kier molecular flexibility index (Phi) is 6.80. The summed E-state index contributed by atoms with van der Waals surface area (Å²) in [5, 5.41) is 0. The Hall–Kier alpha value is -2.54. The summed E-state index contributed by atoms with van der Waals surface area (Å²) in [6.45, 7) is 6.33. The molecule has 0 unspecified atom stereocenters. The van der Waals surface area contributed by atoms with E-state index in [9.17, 15) is 26.4 Å². The van der Waals surface area contributed by atoms with Crippen LogP contribution in [-0.4, -0.2) is 49.4 Å². The monoisotopic (exact) mass is 406 g/mol. The van der Waals surface area contributed by atoms with Gasteiger partial charge in [0.05, 0.1) is 0 Å².